The third kappa shape index (κ3) is 3.44. The van der Waals surface area contributed by atoms with E-state index in [0.717, 1.165) is 6.04 Å². The van der Waals surface area contributed by atoms with Crippen molar-refractivity contribution in [1.29, 1.82) is 0 Å². The highest BCUT2D eigenvalue weighted by Gasteiger charge is 2.27. The van der Waals surface area contributed by atoms with Crippen molar-refractivity contribution in [2.24, 2.45) is 0 Å². The Morgan fingerprint density at radius 1 is 0.870 bits per heavy atom. The molecule has 23 heavy (non-hydrogen) atoms. The lowest BCUT2D eigenvalue weighted by Crippen LogP contribution is -2.40. The zero-order valence-electron chi connectivity index (χ0n) is 14.1. The molecule has 4 rings (SSSR count). The van der Waals surface area contributed by atoms with Crippen molar-refractivity contribution in [3.8, 4) is 0 Å². The number of benzene rings is 2. The minimum absolute atomic E-state index is 0.795. The molecule has 0 bridgehead atoms. The zero-order chi connectivity index (χ0) is 15.5. The van der Waals surface area contributed by atoms with Gasteiger partial charge in [-0.15, -0.1) is 0 Å². The maximum Gasteiger partial charge on any atom is 0.0223 e. The van der Waals surface area contributed by atoms with E-state index < -0.39 is 0 Å². The molecule has 0 saturated carbocycles. The first-order chi connectivity index (χ1) is 11.4. The molecule has 2 heterocycles. The summed E-state index contributed by atoms with van der Waals surface area (Å²) in [5, 5.41) is 2.81. The molecule has 2 aromatic carbocycles. The van der Waals surface area contributed by atoms with Gasteiger partial charge in [-0.2, -0.15) is 0 Å². The van der Waals surface area contributed by atoms with Crippen LogP contribution in [0.2, 0.25) is 0 Å². The zero-order valence-corrected chi connectivity index (χ0v) is 14.1. The molecule has 0 aliphatic carbocycles. The van der Waals surface area contributed by atoms with Gasteiger partial charge >= 0.3 is 0 Å². The fourth-order valence-corrected chi connectivity index (χ4v) is 4.43. The normalized spacial score (nSPS) is 23.0. The van der Waals surface area contributed by atoms with Crippen LogP contribution >= 0.6 is 0 Å². The smallest absolute Gasteiger partial charge is 0.0223 e. The Bertz CT molecular complexity index is 640. The molecular formula is C21H28N2. The van der Waals surface area contributed by atoms with Crippen molar-refractivity contribution in [3.05, 3.63) is 48.0 Å². The lowest BCUT2D eigenvalue weighted by Gasteiger charge is -2.28. The third-order valence-electron chi connectivity index (χ3n) is 5.71. The first kappa shape index (κ1) is 15.2. The Hall–Kier alpha value is -1.38. The summed E-state index contributed by atoms with van der Waals surface area (Å²) < 4.78 is 0. The second-order valence-corrected chi connectivity index (χ2v) is 7.23. The van der Waals surface area contributed by atoms with Gasteiger partial charge in [-0.3, -0.25) is 4.90 Å². The monoisotopic (exact) mass is 308 g/mol. The van der Waals surface area contributed by atoms with Crippen molar-refractivity contribution < 1.29 is 0 Å². The fourth-order valence-electron chi connectivity index (χ4n) is 4.43. The van der Waals surface area contributed by atoms with Crippen LogP contribution < -0.4 is 0 Å². The molecule has 0 N–H and O–H groups in total. The van der Waals surface area contributed by atoms with Crippen LogP contribution in [0.4, 0.5) is 0 Å². The summed E-state index contributed by atoms with van der Waals surface area (Å²) in [6, 6.07) is 16.3. The predicted molar refractivity (Wildman–Crippen MR) is 97.9 cm³/mol. The molecule has 2 aliphatic rings. The minimum atomic E-state index is 0.795. The summed E-state index contributed by atoms with van der Waals surface area (Å²) in [4.78, 5) is 5.43. The first-order valence-corrected chi connectivity index (χ1v) is 9.33. The van der Waals surface area contributed by atoms with E-state index in [1.807, 2.05) is 0 Å². The summed E-state index contributed by atoms with van der Waals surface area (Å²) in [6.45, 7) is 6.46. The molecule has 0 unspecified atom stereocenters. The van der Waals surface area contributed by atoms with E-state index >= 15 is 0 Å². The molecule has 2 fully saturated rings. The Kier molecular flexibility index (Phi) is 4.63. The van der Waals surface area contributed by atoms with E-state index in [0.29, 0.717) is 0 Å². The molecule has 2 aromatic rings. The van der Waals surface area contributed by atoms with E-state index in [2.05, 4.69) is 52.3 Å². The Labute approximate surface area is 140 Å². The number of fused-ring (bicyclic) bond motifs is 1. The fraction of sp³-hybridized carbons (Fsp3) is 0.524. The largest absolute Gasteiger partial charge is 0.302 e. The second-order valence-electron chi connectivity index (χ2n) is 7.23. The average Bonchev–Trinajstić information content (AvgIpc) is 3.25. The van der Waals surface area contributed by atoms with Crippen molar-refractivity contribution >= 4 is 10.8 Å². The molecule has 0 aromatic heterocycles. The second kappa shape index (κ2) is 7.02. The molecule has 2 heteroatoms. The SMILES string of the molecule is c1ccc2c(CCN3CCC[C@H]3CN3CCCC3)cccc2c1. The summed E-state index contributed by atoms with van der Waals surface area (Å²) in [5.74, 6) is 0. The van der Waals surface area contributed by atoms with E-state index in [-0.39, 0.29) is 0 Å². The summed E-state index contributed by atoms with van der Waals surface area (Å²) in [7, 11) is 0. The van der Waals surface area contributed by atoms with Crippen LogP contribution in [0.25, 0.3) is 10.8 Å². The van der Waals surface area contributed by atoms with Gasteiger partial charge < -0.3 is 4.90 Å². The van der Waals surface area contributed by atoms with Crippen LogP contribution in [0.15, 0.2) is 42.5 Å². The van der Waals surface area contributed by atoms with Crippen LogP contribution in [0.5, 0.6) is 0 Å². The first-order valence-electron chi connectivity index (χ1n) is 9.33. The summed E-state index contributed by atoms with van der Waals surface area (Å²) in [5.41, 5.74) is 1.51. The maximum absolute atomic E-state index is 2.75. The van der Waals surface area contributed by atoms with Crippen LogP contribution in [-0.2, 0) is 6.42 Å². The predicted octanol–water partition coefficient (Wildman–Crippen LogP) is 3.94. The molecule has 1 atom stereocenters. The molecule has 0 spiro atoms. The number of likely N-dealkylation sites (tertiary alicyclic amines) is 2. The lowest BCUT2D eigenvalue weighted by atomic mass is 10.0. The number of nitrogens with zero attached hydrogens (tertiary/aromatic N) is 2. The van der Waals surface area contributed by atoms with E-state index in [1.54, 1.807) is 0 Å². The topological polar surface area (TPSA) is 6.48 Å². The van der Waals surface area contributed by atoms with E-state index in [9.17, 15) is 0 Å². The molecule has 2 nitrogen and oxygen atoms in total. The van der Waals surface area contributed by atoms with E-state index in [4.69, 9.17) is 0 Å². The van der Waals surface area contributed by atoms with Crippen LogP contribution in [0, 0.1) is 0 Å². The number of hydrogen-bond acceptors (Lipinski definition) is 2. The summed E-state index contributed by atoms with van der Waals surface area (Å²) >= 11 is 0. The van der Waals surface area contributed by atoms with Crippen LogP contribution in [0.3, 0.4) is 0 Å². The lowest BCUT2D eigenvalue weighted by molar-refractivity contribution is 0.193. The molecule has 2 aliphatic heterocycles. The molecule has 2 saturated heterocycles. The van der Waals surface area contributed by atoms with Crippen molar-refractivity contribution in [3.63, 3.8) is 0 Å². The van der Waals surface area contributed by atoms with Gasteiger partial charge in [-0.25, -0.2) is 0 Å². The van der Waals surface area contributed by atoms with Gasteiger partial charge in [-0.05, 0) is 68.1 Å². The van der Waals surface area contributed by atoms with Crippen molar-refractivity contribution in [1.82, 2.24) is 9.80 Å². The van der Waals surface area contributed by atoms with Gasteiger partial charge in [0, 0.05) is 19.1 Å². The Morgan fingerprint density at radius 2 is 1.70 bits per heavy atom. The van der Waals surface area contributed by atoms with Gasteiger partial charge in [0.15, 0.2) is 0 Å². The number of rotatable bonds is 5. The van der Waals surface area contributed by atoms with E-state index in [1.165, 1.54) is 81.2 Å². The highest BCUT2D eigenvalue weighted by molar-refractivity contribution is 5.85. The highest BCUT2D eigenvalue weighted by Crippen LogP contribution is 2.23. The maximum atomic E-state index is 2.75. The van der Waals surface area contributed by atoms with Crippen LogP contribution in [-0.4, -0.2) is 48.6 Å². The highest BCUT2D eigenvalue weighted by atomic mass is 15.2. The number of hydrogen-bond donors (Lipinski definition) is 0. The molecular weight excluding hydrogens is 280 g/mol. The Morgan fingerprint density at radius 3 is 2.61 bits per heavy atom. The molecule has 0 radical (unpaired) electrons. The van der Waals surface area contributed by atoms with Crippen molar-refractivity contribution in [2.75, 3.05) is 32.7 Å². The van der Waals surface area contributed by atoms with Crippen LogP contribution in [0.1, 0.15) is 31.2 Å². The molecule has 122 valence electrons. The minimum Gasteiger partial charge on any atom is -0.302 e. The van der Waals surface area contributed by atoms with Gasteiger partial charge in [0.1, 0.15) is 0 Å². The standard InChI is InChI=1S/C21H28N2/c1-2-11-21-18(7-1)8-5-9-19(21)12-16-23-15-6-10-20(23)17-22-13-3-4-14-22/h1-2,5,7-9,11,20H,3-4,6,10,12-17H2/t20-/m0/s1. The van der Waals surface area contributed by atoms with Gasteiger partial charge in [0.2, 0.25) is 0 Å². The van der Waals surface area contributed by atoms with Gasteiger partial charge in [0.25, 0.3) is 0 Å². The summed E-state index contributed by atoms with van der Waals surface area (Å²) in [6.07, 6.45) is 6.77. The third-order valence-corrected chi connectivity index (χ3v) is 5.71. The molecule has 0 amide bonds. The average molecular weight is 308 g/mol. The van der Waals surface area contributed by atoms with Gasteiger partial charge in [0.05, 0.1) is 0 Å². The quantitative estimate of drug-likeness (QED) is 0.825. The Balaban J connectivity index is 1.41. The van der Waals surface area contributed by atoms with Crippen molar-refractivity contribution in [2.45, 2.75) is 38.1 Å². The van der Waals surface area contributed by atoms with Gasteiger partial charge in [-0.1, -0.05) is 42.5 Å².